The molecule has 5 heterocycles. The molecule has 42 heavy (non-hydrogen) atoms. The van der Waals surface area contributed by atoms with Gasteiger partial charge in [0.15, 0.2) is 5.82 Å². The molecule has 3 aliphatic rings. The molecular formula is C26H19F4N7O5. The fourth-order valence-corrected chi connectivity index (χ4v) is 5.14. The minimum absolute atomic E-state index is 0.00460. The van der Waals surface area contributed by atoms with Crippen LogP contribution in [0.3, 0.4) is 0 Å². The maximum Gasteiger partial charge on any atom is 0.419 e. The second kappa shape index (κ2) is 10.1. The highest BCUT2D eigenvalue weighted by molar-refractivity contribution is 6.21. The van der Waals surface area contributed by atoms with Crippen LogP contribution in [-0.4, -0.2) is 66.1 Å². The van der Waals surface area contributed by atoms with E-state index in [-0.39, 0.29) is 59.3 Å². The van der Waals surface area contributed by atoms with E-state index in [1.54, 1.807) is 4.90 Å². The van der Waals surface area contributed by atoms with Crippen LogP contribution in [0.25, 0.3) is 22.8 Å². The maximum absolute atomic E-state index is 15.4. The predicted molar refractivity (Wildman–Crippen MR) is 130 cm³/mol. The first kappa shape index (κ1) is 27.2. The molecule has 2 aromatic heterocycles. The van der Waals surface area contributed by atoms with E-state index in [4.69, 9.17) is 4.52 Å². The number of piperidine rings is 1. The smallest absolute Gasteiger partial charge is 0.357 e. The van der Waals surface area contributed by atoms with Crippen molar-refractivity contribution in [2.24, 2.45) is 0 Å². The van der Waals surface area contributed by atoms with Crippen molar-refractivity contribution in [2.75, 3.05) is 6.54 Å². The molecule has 1 N–H and O–H groups in total. The van der Waals surface area contributed by atoms with Crippen molar-refractivity contribution in [1.29, 1.82) is 0 Å². The average molecular weight is 585 g/mol. The number of carbonyl (C=O) groups excluding carboxylic acids is 4. The van der Waals surface area contributed by atoms with Crippen LogP contribution in [0.2, 0.25) is 0 Å². The number of hydrogen-bond acceptors (Lipinski definition) is 10. The van der Waals surface area contributed by atoms with Crippen molar-refractivity contribution in [3.63, 3.8) is 0 Å². The number of carbonyl (C=O) groups is 4. The summed E-state index contributed by atoms with van der Waals surface area (Å²) in [7, 11) is 0. The lowest BCUT2D eigenvalue weighted by molar-refractivity contribution is -0.150. The van der Waals surface area contributed by atoms with E-state index in [0.29, 0.717) is 31.8 Å². The number of aromatic nitrogens is 4. The molecule has 12 nitrogen and oxygen atoms in total. The van der Waals surface area contributed by atoms with E-state index >= 15 is 4.39 Å². The zero-order valence-electron chi connectivity index (χ0n) is 21.4. The van der Waals surface area contributed by atoms with Crippen molar-refractivity contribution in [2.45, 2.75) is 44.4 Å². The van der Waals surface area contributed by atoms with Gasteiger partial charge < -0.3 is 9.42 Å². The Balaban J connectivity index is 1.23. The van der Waals surface area contributed by atoms with Gasteiger partial charge in [-0.3, -0.25) is 29.4 Å². The second-order valence-electron chi connectivity index (χ2n) is 9.77. The first-order valence-electron chi connectivity index (χ1n) is 12.7. The lowest BCUT2D eigenvalue weighted by Crippen LogP contribution is -2.55. The molecule has 1 atom stereocenters. The van der Waals surface area contributed by atoms with Gasteiger partial charge >= 0.3 is 6.18 Å². The number of imide groups is 2. The Bertz CT molecular complexity index is 1670. The summed E-state index contributed by atoms with van der Waals surface area (Å²) in [6, 6.07) is 2.96. The number of hydrogen-bond donors (Lipinski definition) is 1. The summed E-state index contributed by atoms with van der Waals surface area (Å²) in [6.07, 6.45) is -2.68. The van der Waals surface area contributed by atoms with Crippen LogP contribution in [0.4, 0.5) is 17.6 Å². The molecule has 3 aromatic rings. The topological polar surface area (TPSA) is 151 Å². The van der Waals surface area contributed by atoms with E-state index in [2.05, 4.69) is 25.4 Å². The fraction of sp³-hybridized carbons (Fsp3) is 0.308. The Morgan fingerprint density at radius 2 is 1.71 bits per heavy atom. The summed E-state index contributed by atoms with van der Waals surface area (Å²) in [5.74, 6) is -3.78. The molecule has 0 aliphatic carbocycles. The molecule has 1 unspecified atom stereocenters. The third-order valence-electron chi connectivity index (χ3n) is 7.13. The number of benzene rings is 1. The van der Waals surface area contributed by atoms with Crippen LogP contribution in [0, 0.1) is 5.82 Å². The number of halogens is 4. The zero-order valence-corrected chi connectivity index (χ0v) is 21.4. The molecule has 1 aromatic carbocycles. The van der Waals surface area contributed by atoms with Crippen LogP contribution < -0.4 is 5.32 Å². The second-order valence-corrected chi connectivity index (χ2v) is 9.77. The fourth-order valence-electron chi connectivity index (χ4n) is 5.14. The molecule has 3 aliphatic heterocycles. The highest BCUT2D eigenvalue weighted by Crippen LogP contribution is 2.35. The van der Waals surface area contributed by atoms with Crippen molar-refractivity contribution in [1.82, 2.24) is 35.2 Å². The summed E-state index contributed by atoms with van der Waals surface area (Å²) < 4.78 is 59.3. The SMILES string of the molecule is O=C1CCC(N2C(=O)C3=C(C2=O)N(Cc2nc(-c4cccc(-c5ncc(C(F)(F)F)cn5)c4F)no2)CCC3)C(=O)N1. The zero-order chi connectivity index (χ0) is 29.8. The first-order valence-corrected chi connectivity index (χ1v) is 12.7. The standard InChI is InChI=1S/C26H19F4N7O5/c27-19-13(21-31-9-12(10-32-21)26(28,29)30)3-1-4-14(19)22-34-18(42-35-22)11-36-8-2-5-15-20(36)25(41)37(24(15)40)16-6-7-17(38)33-23(16)39/h1,3-4,9-10,16H,2,5-8,11H2,(H,33,38,39). The summed E-state index contributed by atoms with van der Waals surface area (Å²) >= 11 is 0. The Labute approximate surface area is 233 Å². The van der Waals surface area contributed by atoms with Crippen LogP contribution in [0.1, 0.15) is 37.1 Å². The van der Waals surface area contributed by atoms with Gasteiger partial charge in [-0.05, 0) is 31.4 Å². The Hall–Kier alpha value is -5.02. The van der Waals surface area contributed by atoms with Crippen LogP contribution in [0.15, 0.2) is 46.4 Å². The van der Waals surface area contributed by atoms with Gasteiger partial charge in [0, 0.05) is 30.9 Å². The maximum atomic E-state index is 15.4. The first-order chi connectivity index (χ1) is 20.0. The van der Waals surface area contributed by atoms with Gasteiger partial charge in [0.05, 0.1) is 23.2 Å². The summed E-state index contributed by atoms with van der Waals surface area (Å²) in [6.45, 7) is 0.255. The van der Waals surface area contributed by atoms with Gasteiger partial charge in [-0.1, -0.05) is 11.2 Å². The van der Waals surface area contributed by atoms with Crippen LogP contribution in [-0.2, 0) is 31.9 Å². The molecule has 216 valence electrons. The summed E-state index contributed by atoms with van der Waals surface area (Å²) in [4.78, 5) is 64.3. The Morgan fingerprint density at radius 1 is 1.00 bits per heavy atom. The highest BCUT2D eigenvalue weighted by Gasteiger charge is 2.48. The minimum atomic E-state index is -4.65. The average Bonchev–Trinajstić information content (AvgIpc) is 3.51. The van der Waals surface area contributed by atoms with Gasteiger partial charge in [0.1, 0.15) is 17.6 Å². The third-order valence-corrected chi connectivity index (χ3v) is 7.13. The Kier molecular flexibility index (Phi) is 6.54. The number of nitrogens with zero attached hydrogens (tertiary/aromatic N) is 6. The van der Waals surface area contributed by atoms with Gasteiger partial charge in [-0.2, -0.15) is 18.2 Å². The van der Waals surface area contributed by atoms with Gasteiger partial charge in [-0.25, -0.2) is 14.4 Å². The summed E-state index contributed by atoms with van der Waals surface area (Å²) in [5, 5.41) is 5.97. The number of amides is 4. The van der Waals surface area contributed by atoms with E-state index in [9.17, 15) is 32.3 Å². The van der Waals surface area contributed by atoms with Crippen molar-refractivity contribution >= 4 is 23.6 Å². The molecule has 0 spiro atoms. The lowest BCUT2D eigenvalue weighted by Gasteiger charge is -2.29. The predicted octanol–water partition coefficient (Wildman–Crippen LogP) is 2.38. The monoisotopic (exact) mass is 585 g/mol. The number of nitrogens with one attached hydrogen (secondary N) is 1. The third kappa shape index (κ3) is 4.67. The lowest BCUT2D eigenvalue weighted by atomic mass is 10.0. The molecule has 0 bridgehead atoms. The molecule has 1 saturated heterocycles. The van der Waals surface area contributed by atoms with Crippen LogP contribution >= 0.6 is 0 Å². The van der Waals surface area contributed by atoms with Gasteiger partial charge in [-0.15, -0.1) is 0 Å². The van der Waals surface area contributed by atoms with Crippen molar-refractivity contribution in [3.05, 3.63) is 59.1 Å². The summed E-state index contributed by atoms with van der Waals surface area (Å²) in [5.41, 5.74) is -1.04. The van der Waals surface area contributed by atoms with E-state index in [0.717, 1.165) is 4.90 Å². The van der Waals surface area contributed by atoms with Crippen molar-refractivity contribution in [3.8, 4) is 22.8 Å². The Morgan fingerprint density at radius 3 is 2.40 bits per heavy atom. The van der Waals surface area contributed by atoms with Gasteiger partial charge in [0.25, 0.3) is 11.8 Å². The van der Waals surface area contributed by atoms with Crippen molar-refractivity contribution < 1.29 is 41.3 Å². The minimum Gasteiger partial charge on any atom is -0.357 e. The van der Waals surface area contributed by atoms with Gasteiger partial charge in [0.2, 0.25) is 23.5 Å². The van der Waals surface area contributed by atoms with Crippen LogP contribution in [0.5, 0.6) is 0 Å². The normalized spacial score (nSPS) is 19.5. The molecule has 4 amide bonds. The highest BCUT2D eigenvalue weighted by atomic mass is 19.4. The molecular weight excluding hydrogens is 566 g/mol. The molecule has 0 saturated carbocycles. The largest absolute Gasteiger partial charge is 0.419 e. The van der Waals surface area contributed by atoms with E-state index in [1.165, 1.54) is 18.2 Å². The van der Waals surface area contributed by atoms with E-state index < -0.39 is 47.2 Å². The quantitative estimate of drug-likeness (QED) is 0.349. The number of alkyl halides is 3. The molecule has 16 heteroatoms. The molecule has 1 fully saturated rings. The van der Waals surface area contributed by atoms with E-state index in [1.807, 2.05) is 0 Å². The number of rotatable bonds is 5. The molecule has 6 rings (SSSR count). The molecule has 0 radical (unpaired) electrons.